The summed E-state index contributed by atoms with van der Waals surface area (Å²) < 4.78 is 6.95. The molecule has 3 rings (SSSR count). The summed E-state index contributed by atoms with van der Waals surface area (Å²) >= 11 is 0.250. The van der Waals surface area contributed by atoms with Gasteiger partial charge in [-0.2, -0.15) is 0 Å². The summed E-state index contributed by atoms with van der Waals surface area (Å²) in [6.45, 7) is 6.97. The van der Waals surface area contributed by atoms with Crippen LogP contribution in [0.15, 0.2) is 24.3 Å². The Kier molecular flexibility index (Phi) is 3.46. The van der Waals surface area contributed by atoms with E-state index in [0.29, 0.717) is 5.41 Å². The molecule has 0 saturated heterocycles. The minimum absolute atomic E-state index is 0.108. The Hall–Kier alpha value is -0.791. The van der Waals surface area contributed by atoms with Crippen LogP contribution in [-0.4, -0.2) is 25.4 Å². The summed E-state index contributed by atoms with van der Waals surface area (Å²) in [6.07, 6.45) is 4.44. The second kappa shape index (κ2) is 4.89. The number of rotatable bonds is 0. The van der Waals surface area contributed by atoms with Crippen LogP contribution in [0, 0.1) is 11.3 Å². The van der Waals surface area contributed by atoms with Gasteiger partial charge in [0.1, 0.15) is 0 Å². The molecule has 0 amide bonds. The molecule has 3 heteroatoms. The fourth-order valence-corrected chi connectivity index (χ4v) is 6.16. The van der Waals surface area contributed by atoms with Gasteiger partial charge in [-0.1, -0.05) is 0 Å². The van der Waals surface area contributed by atoms with Crippen molar-refractivity contribution in [1.82, 2.24) is 0 Å². The van der Waals surface area contributed by atoms with Gasteiger partial charge in [0.15, 0.2) is 0 Å². The molecule has 1 fully saturated rings. The summed E-state index contributed by atoms with van der Waals surface area (Å²) in [5.74, 6) is 0.641. The van der Waals surface area contributed by atoms with Crippen molar-refractivity contribution in [3.8, 4) is 0 Å². The molecule has 0 unspecified atom stereocenters. The Morgan fingerprint density at radius 1 is 1.20 bits per heavy atom. The van der Waals surface area contributed by atoms with Crippen LogP contribution in [0.25, 0.3) is 0 Å². The number of carbonyl (C=O) groups excluding carboxylic acids is 1. The fourth-order valence-electron chi connectivity index (χ4n) is 3.30. The van der Waals surface area contributed by atoms with E-state index in [1.807, 2.05) is 18.2 Å². The van der Waals surface area contributed by atoms with Gasteiger partial charge in [-0.3, -0.25) is 0 Å². The molecule has 108 valence electrons. The van der Waals surface area contributed by atoms with Crippen molar-refractivity contribution in [2.75, 3.05) is 0 Å². The molecular weight excluding hydrogens is 315 g/mol. The van der Waals surface area contributed by atoms with Crippen molar-refractivity contribution < 1.29 is 9.53 Å². The van der Waals surface area contributed by atoms with E-state index < -0.39 is 0 Å². The van der Waals surface area contributed by atoms with E-state index in [4.69, 9.17) is 4.74 Å². The topological polar surface area (TPSA) is 26.3 Å². The quantitative estimate of drug-likeness (QED) is 0.537. The van der Waals surface area contributed by atoms with E-state index in [1.165, 1.54) is 17.3 Å². The third kappa shape index (κ3) is 2.54. The average Bonchev–Trinajstić information content (AvgIpc) is 2.38. The average molecular weight is 337 g/mol. The predicted octanol–water partition coefficient (Wildman–Crippen LogP) is 3.12. The molecule has 0 atom stereocenters. The van der Waals surface area contributed by atoms with Crippen LogP contribution in [0.3, 0.4) is 0 Å². The molecule has 1 aromatic rings. The standard InChI is InChI=1S/C17H22O2Se/c1-16(2,3)12-8-10-17(11-9-12)19-15(18)13-6-4-5-7-14(13)20-17/h4-7,12H,8-11H2,1-3H3. The normalized spacial score (nSPS) is 29.9. The first-order valence-electron chi connectivity index (χ1n) is 7.41. The molecule has 0 N–H and O–H groups in total. The molecule has 2 nitrogen and oxygen atoms in total. The first-order chi connectivity index (χ1) is 9.40. The summed E-state index contributed by atoms with van der Waals surface area (Å²) in [5.41, 5.74) is 1.15. The van der Waals surface area contributed by atoms with Crippen LogP contribution in [0.4, 0.5) is 0 Å². The molecule has 1 heterocycles. The zero-order valence-corrected chi connectivity index (χ0v) is 14.2. The Morgan fingerprint density at radius 3 is 2.50 bits per heavy atom. The summed E-state index contributed by atoms with van der Waals surface area (Å²) in [6, 6.07) is 7.96. The SMILES string of the molecule is CC(C)(C)C1CCC2(CC1)OC(=O)c1ccccc1[Se]2. The van der Waals surface area contributed by atoms with Crippen LogP contribution in [0.2, 0.25) is 0 Å². The second-order valence-corrected chi connectivity index (χ2v) is 9.95. The van der Waals surface area contributed by atoms with E-state index >= 15 is 0 Å². The van der Waals surface area contributed by atoms with Gasteiger partial charge >= 0.3 is 127 Å². The van der Waals surface area contributed by atoms with Gasteiger partial charge in [0.2, 0.25) is 0 Å². The van der Waals surface area contributed by atoms with Crippen LogP contribution >= 0.6 is 0 Å². The molecule has 1 spiro atoms. The van der Waals surface area contributed by atoms with E-state index in [9.17, 15) is 4.79 Å². The van der Waals surface area contributed by atoms with Crippen LogP contribution < -0.4 is 4.46 Å². The molecule has 2 aliphatic rings. The summed E-state index contributed by atoms with van der Waals surface area (Å²) in [4.78, 5) is 12.2. The number of esters is 1. The fraction of sp³-hybridized carbons (Fsp3) is 0.588. The van der Waals surface area contributed by atoms with E-state index in [2.05, 4.69) is 26.8 Å². The summed E-state index contributed by atoms with van der Waals surface area (Å²) in [5, 5.41) is 0. The molecule has 20 heavy (non-hydrogen) atoms. The van der Waals surface area contributed by atoms with E-state index in [0.717, 1.165) is 24.3 Å². The Balaban J connectivity index is 1.79. The zero-order valence-electron chi connectivity index (χ0n) is 12.4. The third-order valence-corrected chi connectivity index (χ3v) is 7.67. The first-order valence-corrected chi connectivity index (χ1v) is 9.12. The Bertz CT molecular complexity index is 522. The minimum atomic E-state index is -0.166. The van der Waals surface area contributed by atoms with Crippen molar-refractivity contribution in [3.63, 3.8) is 0 Å². The third-order valence-electron chi connectivity index (χ3n) is 4.65. The molecule has 0 aromatic heterocycles. The molecule has 0 radical (unpaired) electrons. The molecule has 0 bridgehead atoms. The number of fused-ring (bicyclic) bond motifs is 1. The number of hydrogen-bond acceptors (Lipinski definition) is 2. The summed E-state index contributed by atoms with van der Waals surface area (Å²) in [7, 11) is 0. The van der Waals surface area contributed by atoms with Gasteiger partial charge in [-0.15, -0.1) is 0 Å². The van der Waals surface area contributed by atoms with Crippen molar-refractivity contribution >= 4 is 25.4 Å². The van der Waals surface area contributed by atoms with E-state index in [1.54, 1.807) is 0 Å². The molecule has 1 aliphatic heterocycles. The van der Waals surface area contributed by atoms with Crippen LogP contribution in [0.5, 0.6) is 0 Å². The monoisotopic (exact) mass is 338 g/mol. The number of benzene rings is 1. The zero-order chi connectivity index (χ0) is 14.4. The maximum atomic E-state index is 12.2. The van der Waals surface area contributed by atoms with Crippen LogP contribution in [-0.2, 0) is 4.74 Å². The molecule has 1 aliphatic carbocycles. The van der Waals surface area contributed by atoms with Crippen molar-refractivity contribution in [3.05, 3.63) is 29.8 Å². The van der Waals surface area contributed by atoms with Gasteiger partial charge in [0.25, 0.3) is 0 Å². The van der Waals surface area contributed by atoms with Crippen molar-refractivity contribution in [1.29, 1.82) is 0 Å². The van der Waals surface area contributed by atoms with Crippen molar-refractivity contribution in [2.45, 2.75) is 51.0 Å². The van der Waals surface area contributed by atoms with E-state index in [-0.39, 0.29) is 25.4 Å². The maximum absolute atomic E-state index is 12.2. The van der Waals surface area contributed by atoms with Gasteiger partial charge in [-0.25, -0.2) is 0 Å². The first kappa shape index (κ1) is 14.2. The second-order valence-electron chi connectivity index (χ2n) is 7.04. The number of ether oxygens (including phenoxy) is 1. The van der Waals surface area contributed by atoms with Crippen molar-refractivity contribution in [2.24, 2.45) is 11.3 Å². The van der Waals surface area contributed by atoms with Gasteiger partial charge in [-0.05, 0) is 0 Å². The Labute approximate surface area is 127 Å². The Morgan fingerprint density at radius 2 is 1.85 bits per heavy atom. The van der Waals surface area contributed by atoms with Crippen LogP contribution in [0.1, 0.15) is 56.8 Å². The number of hydrogen-bond donors (Lipinski definition) is 0. The van der Waals surface area contributed by atoms with Gasteiger partial charge in [0, 0.05) is 0 Å². The predicted molar refractivity (Wildman–Crippen MR) is 81.4 cm³/mol. The molecule has 1 saturated carbocycles. The van der Waals surface area contributed by atoms with Gasteiger partial charge in [0.05, 0.1) is 0 Å². The van der Waals surface area contributed by atoms with Gasteiger partial charge < -0.3 is 0 Å². The number of carbonyl (C=O) groups is 1. The molecular formula is C17H22O2Se. The molecule has 1 aromatic carbocycles.